The Balaban J connectivity index is 1.95. The molecule has 3 heteroatoms. The molecule has 0 spiro atoms. The van der Waals surface area contributed by atoms with Crippen molar-refractivity contribution >= 4 is 5.69 Å². The first-order chi connectivity index (χ1) is 8.29. The normalized spacial score (nSPS) is 21.4. The molecule has 1 atom stereocenters. The first-order valence-corrected chi connectivity index (χ1v) is 6.51. The summed E-state index contributed by atoms with van der Waals surface area (Å²) in [7, 11) is 2.20. The van der Waals surface area contributed by atoms with Crippen LogP contribution in [0.25, 0.3) is 0 Å². The molecule has 0 aliphatic carbocycles. The van der Waals surface area contributed by atoms with Gasteiger partial charge in [0.25, 0.3) is 0 Å². The van der Waals surface area contributed by atoms with E-state index in [-0.39, 0.29) is 0 Å². The number of hydrogen-bond donors (Lipinski definition) is 1. The number of likely N-dealkylation sites (N-methyl/N-ethyl adjacent to an activating group) is 2. The highest BCUT2D eigenvalue weighted by molar-refractivity contribution is 5.46. The van der Waals surface area contributed by atoms with Gasteiger partial charge in [-0.15, -0.1) is 0 Å². The van der Waals surface area contributed by atoms with Gasteiger partial charge in [0, 0.05) is 44.5 Å². The molecule has 1 saturated heterocycles. The fourth-order valence-corrected chi connectivity index (χ4v) is 2.44. The molecule has 1 aromatic carbocycles. The summed E-state index contributed by atoms with van der Waals surface area (Å²) in [5.41, 5.74) is 1.32. The molecule has 3 nitrogen and oxygen atoms in total. The predicted molar refractivity (Wildman–Crippen MR) is 73.6 cm³/mol. The van der Waals surface area contributed by atoms with Gasteiger partial charge in [-0.3, -0.25) is 0 Å². The van der Waals surface area contributed by atoms with Crippen molar-refractivity contribution in [3.63, 3.8) is 0 Å². The minimum Gasteiger partial charge on any atom is -0.370 e. The van der Waals surface area contributed by atoms with Crippen LogP contribution in [0.4, 0.5) is 5.69 Å². The number of anilines is 1. The molecule has 0 bridgehead atoms. The Morgan fingerprint density at radius 3 is 2.76 bits per heavy atom. The second-order valence-electron chi connectivity index (χ2n) is 4.79. The molecule has 0 saturated carbocycles. The van der Waals surface area contributed by atoms with Gasteiger partial charge < -0.3 is 15.1 Å². The van der Waals surface area contributed by atoms with Gasteiger partial charge in [0.05, 0.1) is 0 Å². The Morgan fingerprint density at radius 2 is 2.12 bits per heavy atom. The molecule has 1 aliphatic heterocycles. The molecule has 1 heterocycles. The van der Waals surface area contributed by atoms with Crippen molar-refractivity contribution in [3.8, 4) is 0 Å². The van der Waals surface area contributed by atoms with Gasteiger partial charge in [0.1, 0.15) is 0 Å². The average molecular weight is 233 g/mol. The molecule has 1 unspecified atom stereocenters. The average Bonchev–Trinajstić information content (AvgIpc) is 2.37. The maximum atomic E-state index is 3.60. The van der Waals surface area contributed by atoms with Gasteiger partial charge >= 0.3 is 0 Å². The predicted octanol–water partition coefficient (Wildman–Crippen LogP) is 1.42. The first kappa shape index (κ1) is 12.4. The number of rotatable bonds is 4. The summed E-state index contributed by atoms with van der Waals surface area (Å²) in [6, 6.07) is 11.3. The first-order valence-electron chi connectivity index (χ1n) is 6.51. The van der Waals surface area contributed by atoms with Crippen LogP contribution in [0, 0.1) is 0 Å². The van der Waals surface area contributed by atoms with Gasteiger partial charge in [-0.1, -0.05) is 18.2 Å². The third-order valence-corrected chi connectivity index (χ3v) is 3.40. The van der Waals surface area contributed by atoms with Crippen LogP contribution in [0.3, 0.4) is 0 Å². The molecule has 1 aromatic rings. The van der Waals surface area contributed by atoms with Gasteiger partial charge in [-0.25, -0.2) is 0 Å². The Kier molecular flexibility index (Phi) is 4.40. The maximum Gasteiger partial charge on any atom is 0.0371 e. The minimum absolute atomic E-state index is 0.578. The van der Waals surface area contributed by atoms with Gasteiger partial charge in [-0.2, -0.15) is 0 Å². The molecule has 94 valence electrons. The van der Waals surface area contributed by atoms with Crippen LogP contribution in [0.15, 0.2) is 30.3 Å². The summed E-state index contributed by atoms with van der Waals surface area (Å²) in [5.74, 6) is 0. The standard InChI is InChI=1S/C14H23N3/c1-3-17(14-7-5-4-6-8-14)12-13-11-16(2)10-9-15-13/h4-8,13,15H,3,9-12H2,1-2H3. The van der Waals surface area contributed by atoms with E-state index < -0.39 is 0 Å². The molecule has 0 aromatic heterocycles. The van der Waals surface area contributed by atoms with Crippen LogP contribution in [0.2, 0.25) is 0 Å². The van der Waals surface area contributed by atoms with Crippen LogP contribution in [0.5, 0.6) is 0 Å². The molecule has 0 radical (unpaired) electrons. The monoisotopic (exact) mass is 233 g/mol. The molecule has 17 heavy (non-hydrogen) atoms. The van der Waals surface area contributed by atoms with Crippen LogP contribution >= 0.6 is 0 Å². The summed E-state index contributed by atoms with van der Waals surface area (Å²) >= 11 is 0. The van der Waals surface area contributed by atoms with E-state index in [2.05, 4.69) is 59.4 Å². The SMILES string of the molecule is CCN(CC1CN(C)CCN1)c1ccccc1. The topological polar surface area (TPSA) is 18.5 Å². The largest absolute Gasteiger partial charge is 0.370 e. The van der Waals surface area contributed by atoms with E-state index >= 15 is 0 Å². The van der Waals surface area contributed by atoms with Crippen molar-refractivity contribution in [2.45, 2.75) is 13.0 Å². The molecular formula is C14H23N3. The van der Waals surface area contributed by atoms with Crippen molar-refractivity contribution in [1.82, 2.24) is 10.2 Å². The molecule has 1 aliphatic rings. The lowest BCUT2D eigenvalue weighted by Gasteiger charge is -2.35. The van der Waals surface area contributed by atoms with E-state index in [9.17, 15) is 0 Å². The number of nitrogens with one attached hydrogen (secondary N) is 1. The third kappa shape index (κ3) is 3.45. The molecule has 2 rings (SSSR count). The van der Waals surface area contributed by atoms with E-state index in [4.69, 9.17) is 0 Å². The number of benzene rings is 1. The second kappa shape index (κ2) is 6.03. The van der Waals surface area contributed by atoms with Crippen LogP contribution in [-0.4, -0.2) is 50.7 Å². The Hall–Kier alpha value is -1.06. The van der Waals surface area contributed by atoms with Crippen LogP contribution in [-0.2, 0) is 0 Å². The van der Waals surface area contributed by atoms with E-state index in [1.165, 1.54) is 5.69 Å². The summed E-state index contributed by atoms with van der Waals surface area (Å²) in [6.45, 7) is 7.78. The Morgan fingerprint density at radius 1 is 1.35 bits per heavy atom. The zero-order valence-electron chi connectivity index (χ0n) is 10.9. The van der Waals surface area contributed by atoms with Crippen molar-refractivity contribution < 1.29 is 0 Å². The minimum atomic E-state index is 0.578. The lowest BCUT2D eigenvalue weighted by Crippen LogP contribution is -2.53. The van der Waals surface area contributed by atoms with Crippen LogP contribution in [0.1, 0.15) is 6.92 Å². The van der Waals surface area contributed by atoms with E-state index in [0.29, 0.717) is 6.04 Å². The number of hydrogen-bond acceptors (Lipinski definition) is 3. The summed E-state index contributed by atoms with van der Waals surface area (Å²) in [4.78, 5) is 4.84. The highest BCUT2D eigenvalue weighted by atomic mass is 15.2. The smallest absolute Gasteiger partial charge is 0.0371 e. The summed E-state index contributed by atoms with van der Waals surface area (Å²) in [5, 5.41) is 3.60. The fourth-order valence-electron chi connectivity index (χ4n) is 2.44. The molecule has 1 N–H and O–H groups in total. The van der Waals surface area contributed by atoms with E-state index in [1.54, 1.807) is 0 Å². The van der Waals surface area contributed by atoms with Gasteiger partial charge in [0.2, 0.25) is 0 Å². The quantitative estimate of drug-likeness (QED) is 0.848. The summed E-state index contributed by atoms with van der Waals surface area (Å²) < 4.78 is 0. The highest BCUT2D eigenvalue weighted by Gasteiger charge is 2.18. The Bertz CT molecular complexity index is 325. The highest BCUT2D eigenvalue weighted by Crippen LogP contribution is 2.13. The van der Waals surface area contributed by atoms with Gasteiger partial charge in [-0.05, 0) is 26.1 Å². The lowest BCUT2D eigenvalue weighted by atomic mass is 10.2. The van der Waals surface area contributed by atoms with Crippen molar-refractivity contribution in [1.29, 1.82) is 0 Å². The second-order valence-corrected chi connectivity index (χ2v) is 4.79. The molecular weight excluding hydrogens is 210 g/mol. The van der Waals surface area contributed by atoms with Crippen molar-refractivity contribution in [3.05, 3.63) is 30.3 Å². The lowest BCUT2D eigenvalue weighted by molar-refractivity contribution is 0.240. The fraction of sp³-hybridized carbons (Fsp3) is 0.571. The number of nitrogens with zero attached hydrogens (tertiary/aromatic N) is 2. The Labute approximate surface area is 104 Å². The van der Waals surface area contributed by atoms with Crippen LogP contribution < -0.4 is 10.2 Å². The zero-order chi connectivity index (χ0) is 12.1. The van der Waals surface area contributed by atoms with Gasteiger partial charge in [0.15, 0.2) is 0 Å². The van der Waals surface area contributed by atoms with E-state index in [0.717, 1.165) is 32.7 Å². The molecule has 0 amide bonds. The van der Waals surface area contributed by atoms with Crippen molar-refractivity contribution in [2.24, 2.45) is 0 Å². The van der Waals surface area contributed by atoms with Crippen molar-refractivity contribution in [2.75, 3.05) is 44.7 Å². The number of piperazine rings is 1. The maximum absolute atomic E-state index is 3.60. The summed E-state index contributed by atoms with van der Waals surface area (Å²) in [6.07, 6.45) is 0. The van der Waals surface area contributed by atoms with E-state index in [1.807, 2.05) is 0 Å². The molecule has 1 fully saturated rings. The number of para-hydroxylation sites is 1. The third-order valence-electron chi connectivity index (χ3n) is 3.40. The zero-order valence-corrected chi connectivity index (χ0v) is 10.9.